The van der Waals surface area contributed by atoms with Crippen LogP contribution >= 0.6 is 0 Å². The standard InChI is InChI=1S/C10H11FN2O3/c11-7-3-9(5-12-4-7)16-8-1-2-13(6-8)10(14)15/h3-5,8H,1-2,6H2,(H,14,15). The molecule has 0 aliphatic carbocycles. The lowest BCUT2D eigenvalue weighted by Gasteiger charge is -2.14. The summed E-state index contributed by atoms with van der Waals surface area (Å²) < 4.78 is 18.2. The summed E-state index contributed by atoms with van der Waals surface area (Å²) in [5.74, 6) is -0.136. The zero-order chi connectivity index (χ0) is 11.5. The SMILES string of the molecule is O=C(O)N1CCC(Oc2cncc(F)c2)C1. The predicted molar refractivity (Wildman–Crippen MR) is 52.8 cm³/mol. The third kappa shape index (κ3) is 2.39. The van der Waals surface area contributed by atoms with Crippen molar-refractivity contribution in [2.75, 3.05) is 13.1 Å². The summed E-state index contributed by atoms with van der Waals surface area (Å²) in [6, 6.07) is 1.23. The Bertz CT molecular complexity index is 399. The Morgan fingerprint density at radius 1 is 1.62 bits per heavy atom. The maximum absolute atomic E-state index is 12.8. The Labute approximate surface area is 91.5 Å². The molecule has 1 aromatic heterocycles. The Morgan fingerprint density at radius 2 is 2.44 bits per heavy atom. The van der Waals surface area contributed by atoms with Crippen LogP contribution in [0.5, 0.6) is 5.75 Å². The van der Waals surface area contributed by atoms with Crippen LogP contribution in [0.2, 0.25) is 0 Å². The van der Waals surface area contributed by atoms with E-state index in [1.54, 1.807) is 0 Å². The molecule has 16 heavy (non-hydrogen) atoms. The fourth-order valence-corrected chi connectivity index (χ4v) is 1.65. The second-order valence-corrected chi connectivity index (χ2v) is 3.60. The number of ether oxygens (including phenoxy) is 1. The van der Waals surface area contributed by atoms with Gasteiger partial charge < -0.3 is 14.7 Å². The van der Waals surface area contributed by atoms with Crippen LogP contribution < -0.4 is 4.74 Å². The van der Waals surface area contributed by atoms with E-state index in [1.165, 1.54) is 17.2 Å². The number of amides is 1. The topological polar surface area (TPSA) is 62.7 Å². The van der Waals surface area contributed by atoms with E-state index in [4.69, 9.17) is 9.84 Å². The lowest BCUT2D eigenvalue weighted by Crippen LogP contribution is -2.29. The molecular weight excluding hydrogens is 215 g/mol. The number of pyridine rings is 1. The van der Waals surface area contributed by atoms with Gasteiger partial charge in [-0.15, -0.1) is 0 Å². The largest absolute Gasteiger partial charge is 0.487 e. The minimum atomic E-state index is -0.955. The normalized spacial score (nSPS) is 19.8. The lowest BCUT2D eigenvalue weighted by molar-refractivity contribution is 0.145. The molecule has 1 aliphatic heterocycles. The second kappa shape index (κ2) is 4.34. The molecular formula is C10H11FN2O3. The number of halogens is 1. The molecule has 1 aliphatic rings. The van der Waals surface area contributed by atoms with E-state index in [0.29, 0.717) is 25.3 Å². The van der Waals surface area contributed by atoms with Gasteiger partial charge in [0, 0.05) is 19.0 Å². The molecule has 1 N–H and O–H groups in total. The maximum Gasteiger partial charge on any atom is 0.407 e. The fraction of sp³-hybridized carbons (Fsp3) is 0.400. The lowest BCUT2D eigenvalue weighted by atomic mass is 10.3. The van der Waals surface area contributed by atoms with Crippen molar-refractivity contribution in [3.63, 3.8) is 0 Å². The van der Waals surface area contributed by atoms with Gasteiger partial charge in [0.2, 0.25) is 0 Å². The molecule has 1 aromatic rings. The zero-order valence-corrected chi connectivity index (χ0v) is 8.47. The number of carbonyl (C=O) groups is 1. The van der Waals surface area contributed by atoms with Gasteiger partial charge in [-0.3, -0.25) is 4.98 Å². The number of hydrogen-bond acceptors (Lipinski definition) is 3. The van der Waals surface area contributed by atoms with Crippen molar-refractivity contribution in [3.05, 3.63) is 24.3 Å². The molecule has 2 heterocycles. The van der Waals surface area contributed by atoms with E-state index in [1.807, 2.05) is 0 Å². The Hall–Kier alpha value is -1.85. The molecule has 86 valence electrons. The highest BCUT2D eigenvalue weighted by molar-refractivity contribution is 5.65. The molecule has 0 bridgehead atoms. The van der Waals surface area contributed by atoms with Crippen molar-refractivity contribution >= 4 is 6.09 Å². The molecule has 1 atom stereocenters. The Kier molecular flexibility index (Phi) is 2.89. The van der Waals surface area contributed by atoms with Gasteiger partial charge in [0.1, 0.15) is 17.7 Å². The highest BCUT2D eigenvalue weighted by Crippen LogP contribution is 2.18. The molecule has 6 heteroatoms. The van der Waals surface area contributed by atoms with Gasteiger partial charge in [0.25, 0.3) is 0 Å². The molecule has 0 spiro atoms. The third-order valence-electron chi connectivity index (χ3n) is 2.40. The minimum Gasteiger partial charge on any atom is -0.487 e. The molecule has 1 unspecified atom stereocenters. The number of hydrogen-bond donors (Lipinski definition) is 1. The molecule has 0 aromatic carbocycles. The van der Waals surface area contributed by atoms with Gasteiger partial charge in [-0.25, -0.2) is 9.18 Å². The Morgan fingerprint density at radius 3 is 3.06 bits per heavy atom. The summed E-state index contributed by atoms with van der Waals surface area (Å²) in [6.07, 6.45) is 1.93. The zero-order valence-electron chi connectivity index (χ0n) is 8.47. The summed E-state index contributed by atoms with van der Waals surface area (Å²) in [5.41, 5.74) is 0. The Balaban J connectivity index is 1.94. The van der Waals surface area contributed by atoms with E-state index in [2.05, 4.69) is 4.98 Å². The number of likely N-dealkylation sites (tertiary alicyclic amines) is 1. The first-order valence-electron chi connectivity index (χ1n) is 4.90. The van der Waals surface area contributed by atoms with Crippen LogP contribution in [0.15, 0.2) is 18.5 Å². The third-order valence-corrected chi connectivity index (χ3v) is 2.40. The van der Waals surface area contributed by atoms with E-state index >= 15 is 0 Å². The average Bonchev–Trinajstić information content (AvgIpc) is 2.66. The highest BCUT2D eigenvalue weighted by Gasteiger charge is 2.27. The van der Waals surface area contributed by atoms with Crippen LogP contribution in [-0.4, -0.2) is 40.3 Å². The number of rotatable bonds is 2. The van der Waals surface area contributed by atoms with Crippen molar-refractivity contribution < 1.29 is 19.0 Å². The van der Waals surface area contributed by atoms with Gasteiger partial charge >= 0.3 is 6.09 Å². The number of aromatic nitrogens is 1. The number of nitrogens with zero attached hydrogens (tertiary/aromatic N) is 2. The van der Waals surface area contributed by atoms with E-state index in [0.717, 1.165) is 6.20 Å². The van der Waals surface area contributed by atoms with E-state index < -0.39 is 11.9 Å². The molecule has 1 amide bonds. The average molecular weight is 226 g/mol. The molecule has 0 radical (unpaired) electrons. The van der Waals surface area contributed by atoms with E-state index in [-0.39, 0.29) is 6.10 Å². The van der Waals surface area contributed by atoms with Gasteiger partial charge in [0.05, 0.1) is 18.9 Å². The van der Waals surface area contributed by atoms with Crippen LogP contribution in [0.3, 0.4) is 0 Å². The molecule has 1 saturated heterocycles. The predicted octanol–water partition coefficient (Wildman–Crippen LogP) is 1.35. The van der Waals surface area contributed by atoms with E-state index in [9.17, 15) is 9.18 Å². The van der Waals surface area contributed by atoms with Crippen molar-refractivity contribution in [2.45, 2.75) is 12.5 Å². The van der Waals surface area contributed by atoms with Crippen molar-refractivity contribution in [1.29, 1.82) is 0 Å². The molecule has 2 rings (SSSR count). The summed E-state index contributed by atoms with van der Waals surface area (Å²) in [5, 5.41) is 8.74. The van der Waals surface area contributed by atoms with Crippen LogP contribution in [-0.2, 0) is 0 Å². The maximum atomic E-state index is 12.8. The summed E-state index contributed by atoms with van der Waals surface area (Å²) >= 11 is 0. The first kappa shape index (κ1) is 10.7. The first-order chi connectivity index (χ1) is 7.65. The smallest absolute Gasteiger partial charge is 0.407 e. The molecule has 5 nitrogen and oxygen atoms in total. The highest BCUT2D eigenvalue weighted by atomic mass is 19.1. The van der Waals surface area contributed by atoms with Crippen molar-refractivity contribution in [2.24, 2.45) is 0 Å². The van der Waals surface area contributed by atoms with Crippen LogP contribution in [0.4, 0.5) is 9.18 Å². The minimum absolute atomic E-state index is 0.223. The number of carboxylic acid groups (broad SMARTS) is 1. The fourth-order valence-electron chi connectivity index (χ4n) is 1.65. The van der Waals surface area contributed by atoms with Crippen molar-refractivity contribution in [1.82, 2.24) is 9.88 Å². The monoisotopic (exact) mass is 226 g/mol. The van der Waals surface area contributed by atoms with Gasteiger partial charge in [-0.2, -0.15) is 0 Å². The quantitative estimate of drug-likeness (QED) is 0.826. The van der Waals surface area contributed by atoms with Gasteiger partial charge in [-0.1, -0.05) is 0 Å². The summed E-state index contributed by atoms with van der Waals surface area (Å²) in [4.78, 5) is 15.6. The molecule has 0 saturated carbocycles. The van der Waals surface area contributed by atoms with Crippen molar-refractivity contribution in [3.8, 4) is 5.75 Å². The summed E-state index contributed by atoms with van der Waals surface area (Å²) in [7, 11) is 0. The summed E-state index contributed by atoms with van der Waals surface area (Å²) in [6.45, 7) is 0.759. The van der Waals surface area contributed by atoms with Gasteiger partial charge in [0.15, 0.2) is 0 Å². The second-order valence-electron chi connectivity index (χ2n) is 3.60. The van der Waals surface area contributed by atoms with Crippen LogP contribution in [0, 0.1) is 5.82 Å². The van der Waals surface area contributed by atoms with Crippen LogP contribution in [0.1, 0.15) is 6.42 Å². The first-order valence-corrected chi connectivity index (χ1v) is 4.90. The molecule has 1 fully saturated rings. The van der Waals surface area contributed by atoms with Gasteiger partial charge in [-0.05, 0) is 0 Å². The van der Waals surface area contributed by atoms with Crippen LogP contribution in [0.25, 0.3) is 0 Å².